The molecule has 0 aromatic heterocycles. The standard InChI is InChI=1S/C32H43ClN2O2S.C2H6.CH4O/c1-5-6-7-8-9-10-12-24(2)21-38(4)34-31(36)26-14-17-30-29(20-26)35(3)22-32(23-37-30)18-11-13-25-19-27(33)15-16-28(25)32;2*1-2/h9-10,14-17,19-20,24H,5-8,11-13,18,21-23H2,1-4H3;1-2H3;2H,1H3/b10-9+;;/t24-,32-,38?;;/m0../s1. The molecule has 0 saturated carbocycles. The summed E-state index contributed by atoms with van der Waals surface area (Å²) in [5, 5.41) is 7.79. The van der Waals surface area contributed by atoms with Gasteiger partial charge in [-0.2, -0.15) is 4.36 Å². The predicted molar refractivity (Wildman–Crippen MR) is 183 cm³/mol. The second-order valence-corrected chi connectivity index (χ2v) is 13.4. The van der Waals surface area contributed by atoms with Crippen molar-refractivity contribution in [3.8, 4) is 5.75 Å². The summed E-state index contributed by atoms with van der Waals surface area (Å²) >= 11 is 6.31. The monoisotopic (exact) mass is 616 g/mol. The lowest BCUT2D eigenvalue weighted by Crippen LogP contribution is -2.44. The number of aryl methyl sites for hydroxylation is 1. The van der Waals surface area contributed by atoms with Crippen molar-refractivity contribution in [1.29, 1.82) is 0 Å². The minimum atomic E-state index is -0.305. The summed E-state index contributed by atoms with van der Waals surface area (Å²) in [7, 11) is 2.80. The van der Waals surface area contributed by atoms with Crippen LogP contribution < -0.4 is 9.64 Å². The minimum absolute atomic E-state index is 0.0863. The van der Waals surface area contributed by atoms with Crippen LogP contribution in [0.2, 0.25) is 5.02 Å². The topological polar surface area (TPSA) is 62.1 Å². The van der Waals surface area contributed by atoms with E-state index in [1.807, 2.05) is 38.1 Å². The van der Waals surface area contributed by atoms with Gasteiger partial charge in [0.05, 0.1) is 12.3 Å². The molecule has 7 heteroatoms. The van der Waals surface area contributed by atoms with Crippen LogP contribution in [0.4, 0.5) is 5.69 Å². The minimum Gasteiger partial charge on any atom is -0.490 e. The van der Waals surface area contributed by atoms with Crippen LogP contribution in [0, 0.1) is 5.92 Å². The summed E-state index contributed by atoms with van der Waals surface area (Å²) in [6, 6.07) is 12.1. The third kappa shape index (κ3) is 9.96. The molecule has 1 heterocycles. The zero-order valence-corrected chi connectivity index (χ0v) is 28.5. The van der Waals surface area contributed by atoms with Crippen molar-refractivity contribution in [3.63, 3.8) is 0 Å². The summed E-state index contributed by atoms with van der Waals surface area (Å²) < 4.78 is 11.0. The molecule has 2 aromatic carbocycles. The first-order chi connectivity index (χ1) is 20.3. The quantitative estimate of drug-likeness (QED) is 0.226. The molecule has 2 aromatic rings. The largest absolute Gasteiger partial charge is 0.490 e. The predicted octanol–water partition coefficient (Wildman–Crippen LogP) is 8.81. The number of rotatable bonds is 9. The fourth-order valence-corrected chi connectivity index (χ4v) is 7.51. The van der Waals surface area contributed by atoms with Crippen molar-refractivity contribution in [2.75, 3.05) is 44.2 Å². The lowest BCUT2D eigenvalue weighted by atomic mass is 9.70. The smallest absolute Gasteiger partial charge is 0.282 e. The van der Waals surface area contributed by atoms with Crippen LogP contribution in [0.15, 0.2) is 52.9 Å². The van der Waals surface area contributed by atoms with Gasteiger partial charge in [-0.15, -0.1) is 0 Å². The number of fused-ring (bicyclic) bond motifs is 3. The lowest BCUT2D eigenvalue weighted by molar-refractivity contribution is 0.101. The number of aliphatic hydroxyl groups excluding tert-OH is 1. The molecular formula is C35H53ClN2O3S. The first-order valence-electron chi connectivity index (χ1n) is 15.6. The van der Waals surface area contributed by atoms with E-state index in [2.05, 4.69) is 60.7 Å². The number of anilines is 1. The van der Waals surface area contributed by atoms with Crippen molar-refractivity contribution >= 4 is 33.9 Å². The molecule has 1 aliphatic carbocycles. The summed E-state index contributed by atoms with van der Waals surface area (Å²) in [6.45, 7) is 9.95. The van der Waals surface area contributed by atoms with Crippen LogP contribution in [0.3, 0.4) is 0 Å². The van der Waals surface area contributed by atoms with E-state index in [9.17, 15) is 4.79 Å². The number of likely N-dealkylation sites (N-methyl/N-ethyl adjacent to an activating group) is 1. The number of carbonyl (C=O) groups excluding carboxylic acids is 1. The molecule has 1 amide bonds. The van der Waals surface area contributed by atoms with E-state index in [0.29, 0.717) is 18.1 Å². The van der Waals surface area contributed by atoms with E-state index in [0.717, 1.165) is 61.6 Å². The number of hydrogen-bond acceptors (Lipinski definition) is 4. The third-order valence-electron chi connectivity index (χ3n) is 7.84. The average Bonchev–Trinajstić information content (AvgIpc) is 3.13. The van der Waals surface area contributed by atoms with Gasteiger partial charge in [-0.05, 0) is 92.2 Å². The van der Waals surface area contributed by atoms with E-state index in [1.54, 1.807) is 0 Å². The fraction of sp³-hybridized carbons (Fsp3) is 0.571. The molecule has 1 spiro atoms. The van der Waals surface area contributed by atoms with Crippen molar-refractivity contribution in [3.05, 3.63) is 70.3 Å². The number of amides is 1. The molecule has 2 aliphatic rings. The van der Waals surface area contributed by atoms with Gasteiger partial charge in [0.2, 0.25) is 0 Å². The molecule has 3 atom stereocenters. The van der Waals surface area contributed by atoms with Crippen LogP contribution in [-0.2, 0) is 22.5 Å². The molecule has 4 rings (SSSR count). The molecule has 0 fully saturated rings. The highest BCUT2D eigenvalue weighted by molar-refractivity contribution is 7.86. The molecular weight excluding hydrogens is 564 g/mol. The Hall–Kier alpha value is -2.15. The van der Waals surface area contributed by atoms with Crippen molar-refractivity contribution in [2.45, 2.75) is 84.5 Å². The fourth-order valence-electron chi connectivity index (χ4n) is 5.89. The molecule has 234 valence electrons. The Balaban J connectivity index is 0.00000148. The van der Waals surface area contributed by atoms with Crippen LogP contribution in [0.1, 0.15) is 94.1 Å². The Morgan fingerprint density at radius 3 is 2.69 bits per heavy atom. The van der Waals surface area contributed by atoms with Crippen LogP contribution in [0.25, 0.3) is 0 Å². The van der Waals surface area contributed by atoms with E-state index in [1.165, 1.54) is 36.8 Å². The number of unbranched alkanes of at least 4 members (excludes halogenated alkanes) is 3. The van der Waals surface area contributed by atoms with E-state index in [4.69, 9.17) is 21.4 Å². The summed E-state index contributed by atoms with van der Waals surface area (Å²) in [5.41, 5.74) is 4.18. The first kappa shape index (κ1) is 36.0. The highest BCUT2D eigenvalue weighted by atomic mass is 35.5. The van der Waals surface area contributed by atoms with Gasteiger partial charge < -0.3 is 14.7 Å². The zero-order chi connectivity index (χ0) is 31.1. The normalized spacial score (nSPS) is 18.9. The Bertz CT molecular complexity index is 1200. The molecule has 0 bridgehead atoms. The van der Waals surface area contributed by atoms with Gasteiger partial charge in [-0.25, -0.2) is 0 Å². The van der Waals surface area contributed by atoms with Gasteiger partial charge >= 0.3 is 0 Å². The van der Waals surface area contributed by atoms with Crippen LogP contribution in [-0.4, -0.2) is 50.3 Å². The maximum atomic E-state index is 13.1. The highest BCUT2D eigenvalue weighted by Crippen LogP contribution is 2.44. The number of nitrogens with zero attached hydrogens (tertiary/aromatic N) is 2. The summed E-state index contributed by atoms with van der Waals surface area (Å²) in [5.74, 6) is 2.14. The molecule has 1 unspecified atom stereocenters. The number of aliphatic hydroxyl groups is 1. The molecule has 1 aliphatic heterocycles. The maximum Gasteiger partial charge on any atom is 0.282 e. The van der Waals surface area contributed by atoms with Crippen molar-refractivity contribution < 1.29 is 14.6 Å². The number of allylic oxidation sites excluding steroid dienone is 2. The van der Waals surface area contributed by atoms with E-state index < -0.39 is 0 Å². The Morgan fingerprint density at radius 1 is 1.19 bits per heavy atom. The molecule has 0 saturated heterocycles. The number of ether oxygens (including phenoxy) is 1. The summed E-state index contributed by atoms with van der Waals surface area (Å²) in [4.78, 5) is 15.4. The lowest BCUT2D eigenvalue weighted by Gasteiger charge is -2.39. The van der Waals surface area contributed by atoms with Gasteiger partial charge in [-0.1, -0.05) is 81.0 Å². The van der Waals surface area contributed by atoms with Gasteiger partial charge in [0, 0.05) is 42.5 Å². The Kier molecular flexibility index (Phi) is 15.9. The number of hydrogen-bond donors (Lipinski definition) is 1. The van der Waals surface area contributed by atoms with Crippen molar-refractivity contribution in [2.24, 2.45) is 10.3 Å². The number of carbonyl (C=O) groups is 1. The van der Waals surface area contributed by atoms with E-state index >= 15 is 0 Å². The molecule has 0 radical (unpaired) electrons. The number of halogens is 1. The molecule has 1 N–H and O–H groups in total. The van der Waals surface area contributed by atoms with Crippen LogP contribution >= 0.6 is 11.6 Å². The zero-order valence-electron chi connectivity index (χ0n) is 26.9. The number of benzene rings is 2. The molecule has 42 heavy (non-hydrogen) atoms. The Morgan fingerprint density at radius 2 is 1.95 bits per heavy atom. The van der Waals surface area contributed by atoms with Gasteiger partial charge in [-0.3, -0.25) is 4.79 Å². The van der Waals surface area contributed by atoms with Gasteiger partial charge in [0.1, 0.15) is 5.75 Å². The van der Waals surface area contributed by atoms with E-state index in [-0.39, 0.29) is 22.0 Å². The van der Waals surface area contributed by atoms with Crippen LogP contribution in [0.5, 0.6) is 5.75 Å². The third-order valence-corrected chi connectivity index (χ3v) is 9.61. The second kappa shape index (κ2) is 18.5. The first-order valence-corrected chi connectivity index (χ1v) is 17.7. The second-order valence-electron chi connectivity index (χ2n) is 11.2. The average molecular weight is 617 g/mol. The molecule has 5 nitrogen and oxygen atoms in total. The summed E-state index contributed by atoms with van der Waals surface area (Å²) in [6.07, 6.45) is 16.0. The van der Waals surface area contributed by atoms with Gasteiger partial charge in [0.25, 0.3) is 5.91 Å². The Labute approximate surface area is 262 Å². The van der Waals surface area contributed by atoms with Gasteiger partial charge in [0.15, 0.2) is 0 Å². The SMILES string of the molecule is CC.CCCCC/C=C/C[C@H](C)CS(C)=NC(=O)c1ccc2c(c1)N(C)C[C@@]1(CCCc3cc(Cl)ccc31)CO2.CO. The van der Waals surface area contributed by atoms with Crippen molar-refractivity contribution in [1.82, 2.24) is 0 Å². The maximum absolute atomic E-state index is 13.1. The highest BCUT2D eigenvalue weighted by Gasteiger charge is 2.41.